The summed E-state index contributed by atoms with van der Waals surface area (Å²) in [6, 6.07) is 7.12. The van der Waals surface area contributed by atoms with Crippen molar-refractivity contribution < 1.29 is 51.5 Å². The van der Waals surface area contributed by atoms with Gasteiger partial charge in [-0.15, -0.1) is 0 Å². The molecule has 74 heavy (non-hydrogen) atoms. The van der Waals surface area contributed by atoms with Gasteiger partial charge in [0.25, 0.3) is 0 Å². The van der Waals surface area contributed by atoms with Crippen LogP contribution in [0.4, 0.5) is 4.79 Å². The normalized spacial score (nSPS) is 23.1. The second kappa shape index (κ2) is 22.9. The zero-order valence-corrected chi connectivity index (χ0v) is 44.0. The van der Waals surface area contributed by atoms with E-state index in [2.05, 4.69) is 21.3 Å². The van der Waals surface area contributed by atoms with Crippen molar-refractivity contribution in [2.75, 3.05) is 13.1 Å². The second-order valence-corrected chi connectivity index (χ2v) is 24.1. The highest BCUT2D eigenvalue weighted by Gasteiger charge is 2.46. The molecule has 4 heterocycles. The molecule has 1 unspecified atom stereocenters. The lowest BCUT2D eigenvalue weighted by Crippen LogP contribution is -2.62. The van der Waals surface area contributed by atoms with Gasteiger partial charge in [-0.25, -0.2) is 18.0 Å². The first-order valence-corrected chi connectivity index (χ1v) is 27.3. The number of fused-ring (bicyclic) bond motifs is 2. The summed E-state index contributed by atoms with van der Waals surface area (Å²) in [6.07, 6.45) is 4.57. The number of imide groups is 1. The largest absolute Gasteiger partial charge is 0.444 e. The van der Waals surface area contributed by atoms with Crippen LogP contribution in [0.15, 0.2) is 52.2 Å². The molecule has 22 heteroatoms. The Morgan fingerprint density at radius 1 is 0.865 bits per heavy atom. The van der Waals surface area contributed by atoms with E-state index in [4.69, 9.17) is 10.5 Å². The van der Waals surface area contributed by atoms with E-state index in [-0.39, 0.29) is 86.5 Å². The van der Waals surface area contributed by atoms with E-state index in [0.717, 1.165) is 37.7 Å². The Hall–Kier alpha value is -6.58. The lowest BCUT2D eigenvalue weighted by Gasteiger charge is -2.39. The second-order valence-electron chi connectivity index (χ2n) is 21.6. The molecule has 4 fully saturated rings. The number of nitrogens with zero attached hydrogens (tertiary/aromatic N) is 4. The summed E-state index contributed by atoms with van der Waals surface area (Å²) in [6.45, 7) is 8.30. The topological polar surface area (TPSA) is 287 Å². The summed E-state index contributed by atoms with van der Waals surface area (Å²) in [4.78, 5) is 123. The smallest absolute Gasteiger partial charge is 0.408 e. The molecular formula is C52H71N9O12S. The van der Waals surface area contributed by atoms with Crippen molar-refractivity contribution in [1.82, 2.24) is 40.2 Å². The number of nitrogens with one attached hydrogen (secondary N) is 4. The molecule has 8 amide bonds. The molecule has 1 aliphatic carbocycles. The highest BCUT2D eigenvalue weighted by atomic mass is 32.2. The lowest BCUT2D eigenvalue weighted by molar-refractivity contribution is -0.146. The fourth-order valence-electron chi connectivity index (χ4n) is 10.7. The SMILES string of the molecule is CC(C)S(=O)(=O)c1ccc(CNC(=O)[C@H](CCC(N)=O)NC(=O)[C@@H]2CC[C@@H]3CCN(C(=O)C[C@H]4CC[C@@H](Cc5ccc6c(c5)n(C)c(=O)n6C5CCC(=O)NC5=O)CC4)C[C@H](NC(=O)OC(C)(C)C)C(=O)N32)cc1. The number of carbonyl (C=O) groups excluding carboxylic acids is 8. The van der Waals surface area contributed by atoms with Gasteiger partial charge in [0, 0.05) is 45.4 Å². The van der Waals surface area contributed by atoms with Gasteiger partial charge in [0.05, 0.1) is 27.7 Å². The van der Waals surface area contributed by atoms with Crippen LogP contribution in [0.3, 0.4) is 0 Å². The molecule has 3 saturated heterocycles. The zero-order valence-electron chi connectivity index (χ0n) is 43.1. The van der Waals surface area contributed by atoms with Crippen molar-refractivity contribution in [3.63, 3.8) is 0 Å². The quantitative estimate of drug-likeness (QED) is 0.130. The Balaban J connectivity index is 0.980. The van der Waals surface area contributed by atoms with Crippen molar-refractivity contribution in [1.29, 1.82) is 0 Å². The van der Waals surface area contributed by atoms with E-state index < -0.39 is 86.5 Å². The molecule has 4 aliphatic rings. The van der Waals surface area contributed by atoms with Crippen LogP contribution in [0.25, 0.3) is 11.0 Å². The maximum atomic E-state index is 14.7. The molecule has 3 aliphatic heterocycles. The van der Waals surface area contributed by atoms with Gasteiger partial charge in [0.1, 0.15) is 29.8 Å². The molecule has 5 atom stereocenters. The number of imidazole rings is 1. The number of benzene rings is 2. The highest BCUT2D eigenvalue weighted by Crippen LogP contribution is 2.35. The average Bonchev–Trinajstić information content (AvgIpc) is 3.86. The Kier molecular flexibility index (Phi) is 17.1. The summed E-state index contributed by atoms with van der Waals surface area (Å²) >= 11 is 0. The summed E-state index contributed by atoms with van der Waals surface area (Å²) in [5.74, 6) is -3.08. The third-order valence-corrected chi connectivity index (χ3v) is 17.0. The number of primary amides is 1. The standard InChI is InChI=1S/C52H71N9O12S/c1-30(2)74(71,72)36-15-11-33(12-16-36)28-54-46(65)37(17-21-43(53)62)55-47(66)40-19-14-35-23-24-59(29-38(49(68)60(35)40)56-50(69)73-52(3,4)5)45(64)27-32-9-7-31(8-10-32)25-34-13-18-39-42(26-34)58(6)51(70)61(39)41-20-22-44(63)57-48(41)67/h11-13,15-16,18,26,30-32,35,37-38,40-41H,7-10,14,17,19-25,27-29H2,1-6H3,(H2,53,62)(H,54,65)(H,55,66)(H,56,69)(H,57,63,67)/t31-,32+,35-,37+,38+,40+,41?/m1/s1. The molecule has 0 spiro atoms. The van der Waals surface area contributed by atoms with Crippen LogP contribution in [0, 0.1) is 11.8 Å². The molecule has 21 nitrogen and oxygen atoms in total. The van der Waals surface area contributed by atoms with Crippen LogP contribution in [0.5, 0.6) is 0 Å². The molecule has 7 rings (SSSR count). The molecule has 1 aromatic heterocycles. The number of nitrogens with two attached hydrogens (primary N) is 1. The minimum atomic E-state index is -3.51. The molecule has 402 valence electrons. The summed E-state index contributed by atoms with van der Waals surface area (Å²) in [7, 11) is -1.84. The molecule has 3 aromatic rings. The van der Waals surface area contributed by atoms with Crippen LogP contribution >= 0.6 is 0 Å². The number of ether oxygens (including phenoxy) is 1. The Morgan fingerprint density at radius 3 is 2.19 bits per heavy atom. The fourth-order valence-corrected chi connectivity index (χ4v) is 11.8. The third-order valence-electron chi connectivity index (χ3n) is 14.8. The number of amides is 8. The van der Waals surface area contributed by atoms with Gasteiger partial charge >= 0.3 is 11.8 Å². The van der Waals surface area contributed by atoms with Crippen LogP contribution in [0.1, 0.15) is 129 Å². The van der Waals surface area contributed by atoms with Crippen LogP contribution < -0.4 is 32.7 Å². The first-order chi connectivity index (χ1) is 34.9. The zero-order chi connectivity index (χ0) is 53.8. The molecule has 1 saturated carbocycles. The first kappa shape index (κ1) is 55.2. The third kappa shape index (κ3) is 13.0. The first-order valence-electron chi connectivity index (χ1n) is 25.7. The fraction of sp³-hybridized carbons (Fsp3) is 0.596. The lowest BCUT2D eigenvalue weighted by atomic mass is 9.78. The van der Waals surface area contributed by atoms with E-state index in [1.54, 1.807) is 58.7 Å². The van der Waals surface area contributed by atoms with Gasteiger partial charge in [0.15, 0.2) is 9.84 Å². The molecule has 0 radical (unpaired) electrons. The van der Waals surface area contributed by atoms with E-state index in [1.807, 2.05) is 18.2 Å². The van der Waals surface area contributed by atoms with Crippen molar-refractivity contribution >= 4 is 68.3 Å². The van der Waals surface area contributed by atoms with Gasteiger partial charge in [-0.1, -0.05) is 18.2 Å². The van der Waals surface area contributed by atoms with Crippen molar-refractivity contribution in [3.05, 3.63) is 64.1 Å². The van der Waals surface area contributed by atoms with E-state index in [9.17, 15) is 51.6 Å². The van der Waals surface area contributed by atoms with Gasteiger partial charge in [-0.2, -0.15) is 0 Å². The maximum absolute atomic E-state index is 14.7. The summed E-state index contributed by atoms with van der Waals surface area (Å²) in [5.41, 5.74) is 7.18. The number of aromatic nitrogens is 2. The van der Waals surface area contributed by atoms with Gasteiger partial charge in [0.2, 0.25) is 41.4 Å². The number of hydrogen-bond donors (Lipinski definition) is 5. The maximum Gasteiger partial charge on any atom is 0.408 e. The minimum Gasteiger partial charge on any atom is -0.444 e. The van der Waals surface area contributed by atoms with Crippen molar-refractivity contribution in [2.24, 2.45) is 24.6 Å². The van der Waals surface area contributed by atoms with Crippen molar-refractivity contribution in [3.8, 4) is 0 Å². The van der Waals surface area contributed by atoms with Gasteiger partial charge in [-0.05, 0) is 146 Å². The summed E-state index contributed by atoms with van der Waals surface area (Å²) in [5, 5.41) is 9.89. The van der Waals surface area contributed by atoms with Crippen LogP contribution in [-0.4, -0.2) is 123 Å². The molecule has 6 N–H and O–H groups in total. The van der Waals surface area contributed by atoms with Crippen molar-refractivity contribution in [2.45, 2.75) is 171 Å². The number of sulfone groups is 1. The van der Waals surface area contributed by atoms with Crippen LogP contribution in [0.2, 0.25) is 0 Å². The number of hydrogen-bond acceptors (Lipinski definition) is 12. The number of aryl methyl sites for hydroxylation is 1. The highest BCUT2D eigenvalue weighted by molar-refractivity contribution is 7.92. The van der Waals surface area contributed by atoms with Gasteiger partial charge < -0.3 is 36.2 Å². The number of alkyl carbamates (subject to hydrolysis) is 1. The van der Waals surface area contributed by atoms with Crippen LogP contribution in [-0.2, 0) is 68.1 Å². The number of rotatable bonds is 16. The van der Waals surface area contributed by atoms with E-state index in [0.29, 0.717) is 35.4 Å². The molecule has 2 aromatic carbocycles. The molecular weight excluding hydrogens is 975 g/mol. The summed E-state index contributed by atoms with van der Waals surface area (Å²) < 4.78 is 33.7. The average molecular weight is 1050 g/mol. The van der Waals surface area contributed by atoms with E-state index in [1.165, 1.54) is 26.2 Å². The minimum absolute atomic E-state index is 0.00958. The monoisotopic (exact) mass is 1050 g/mol. The Labute approximate surface area is 430 Å². The predicted octanol–water partition coefficient (Wildman–Crippen LogP) is 2.79. The Bertz CT molecular complexity index is 2830. The van der Waals surface area contributed by atoms with E-state index >= 15 is 0 Å². The Morgan fingerprint density at radius 2 is 1.54 bits per heavy atom. The molecule has 0 bridgehead atoms. The number of carbonyl (C=O) groups is 8. The predicted molar refractivity (Wildman–Crippen MR) is 271 cm³/mol. The number of piperidine rings is 1. The van der Waals surface area contributed by atoms with Gasteiger partial charge in [-0.3, -0.25) is 48.0 Å².